The lowest BCUT2D eigenvalue weighted by atomic mass is 10.1. The normalized spacial score (nSPS) is 16.9. The molecule has 1 aliphatic rings. The highest BCUT2D eigenvalue weighted by molar-refractivity contribution is 7.92. The molecule has 1 aliphatic heterocycles. The van der Waals surface area contributed by atoms with Crippen LogP contribution < -0.4 is 16.0 Å². The Labute approximate surface area is 201 Å². The van der Waals surface area contributed by atoms with E-state index in [-0.39, 0.29) is 23.9 Å². The van der Waals surface area contributed by atoms with E-state index in [9.17, 15) is 26.4 Å². The van der Waals surface area contributed by atoms with Crippen molar-refractivity contribution >= 4 is 39.1 Å². The minimum absolute atomic E-state index is 0.0944. The molecule has 35 heavy (non-hydrogen) atoms. The summed E-state index contributed by atoms with van der Waals surface area (Å²) in [5, 5.41) is 8.98. The first-order valence-electron chi connectivity index (χ1n) is 10.6. The third-order valence-electron chi connectivity index (χ3n) is 5.25. The van der Waals surface area contributed by atoms with Gasteiger partial charge in [-0.3, -0.25) is 4.79 Å². The van der Waals surface area contributed by atoms with Crippen LogP contribution in [0.5, 0.6) is 0 Å². The summed E-state index contributed by atoms with van der Waals surface area (Å²) < 4.78 is 66.5. The van der Waals surface area contributed by atoms with Gasteiger partial charge in [-0.2, -0.15) is 22.5 Å². The lowest BCUT2D eigenvalue weighted by Gasteiger charge is -2.31. The van der Waals surface area contributed by atoms with Crippen molar-refractivity contribution in [3.8, 4) is 0 Å². The molecule has 9 nitrogen and oxygen atoms in total. The second-order valence-electron chi connectivity index (χ2n) is 7.87. The number of nitrogens with zero attached hydrogens (tertiary/aromatic N) is 3. The topological polar surface area (TPSA) is 116 Å². The van der Waals surface area contributed by atoms with Gasteiger partial charge < -0.3 is 16.0 Å². The molecule has 1 saturated heterocycles. The van der Waals surface area contributed by atoms with Gasteiger partial charge in [0.1, 0.15) is 11.4 Å². The fraction of sp³-hybridized carbons (Fsp3) is 0.318. The van der Waals surface area contributed by atoms with Gasteiger partial charge in [-0.1, -0.05) is 19.2 Å². The summed E-state index contributed by atoms with van der Waals surface area (Å²) in [5.41, 5.74) is 0.0898. The van der Waals surface area contributed by atoms with E-state index in [1.54, 1.807) is 19.1 Å². The van der Waals surface area contributed by atoms with Crippen LogP contribution in [0.1, 0.15) is 24.0 Å². The molecule has 1 aromatic heterocycles. The van der Waals surface area contributed by atoms with Gasteiger partial charge in [-0.25, -0.2) is 13.4 Å². The number of benzene rings is 1. The molecule has 1 fully saturated rings. The predicted octanol–water partition coefficient (Wildman–Crippen LogP) is 4.02. The monoisotopic (exact) mass is 510 g/mol. The first-order valence-corrected chi connectivity index (χ1v) is 12.1. The van der Waals surface area contributed by atoms with Gasteiger partial charge in [-0.05, 0) is 43.5 Å². The van der Waals surface area contributed by atoms with Crippen molar-refractivity contribution in [1.29, 1.82) is 0 Å². The Bertz CT molecular complexity index is 1230. The van der Waals surface area contributed by atoms with Crippen LogP contribution in [-0.4, -0.2) is 47.7 Å². The van der Waals surface area contributed by atoms with Gasteiger partial charge >= 0.3 is 6.18 Å². The number of aromatic nitrogens is 2. The summed E-state index contributed by atoms with van der Waals surface area (Å²) in [5.74, 6) is -1.16. The summed E-state index contributed by atoms with van der Waals surface area (Å²) in [6.07, 6.45) is -1.94. The number of carbonyl (C=O) groups excluding carboxylic acids is 1. The Morgan fingerprint density at radius 2 is 2.00 bits per heavy atom. The smallest absolute Gasteiger partial charge is 0.350 e. The molecule has 0 bridgehead atoms. The van der Waals surface area contributed by atoms with Crippen molar-refractivity contribution in [2.75, 3.05) is 29.0 Å². The maximum atomic E-state index is 13.7. The average molecular weight is 511 g/mol. The lowest BCUT2D eigenvalue weighted by Crippen LogP contribution is -2.44. The number of amides is 1. The van der Waals surface area contributed by atoms with Crippen LogP contribution in [0.25, 0.3) is 0 Å². The highest BCUT2D eigenvalue weighted by atomic mass is 32.2. The third-order valence-corrected chi connectivity index (χ3v) is 6.73. The predicted molar refractivity (Wildman–Crippen MR) is 128 cm³/mol. The van der Waals surface area contributed by atoms with Crippen molar-refractivity contribution < 1.29 is 26.4 Å². The van der Waals surface area contributed by atoms with Crippen molar-refractivity contribution in [2.24, 2.45) is 0 Å². The van der Waals surface area contributed by atoms with Crippen LogP contribution in [0.15, 0.2) is 49.0 Å². The quantitative estimate of drug-likeness (QED) is 0.459. The number of rotatable bonds is 8. The van der Waals surface area contributed by atoms with E-state index in [2.05, 4.69) is 39.1 Å². The fourth-order valence-corrected chi connectivity index (χ4v) is 4.50. The van der Waals surface area contributed by atoms with Crippen molar-refractivity contribution in [1.82, 2.24) is 14.3 Å². The summed E-state index contributed by atoms with van der Waals surface area (Å²) >= 11 is 0. The van der Waals surface area contributed by atoms with Crippen LogP contribution in [-0.2, 0) is 21.0 Å². The molecule has 2 aromatic rings. The average Bonchev–Trinajstić information content (AvgIpc) is 2.80. The van der Waals surface area contributed by atoms with E-state index in [1.807, 2.05) is 0 Å². The number of carbonyl (C=O) groups is 1. The zero-order valence-corrected chi connectivity index (χ0v) is 19.7. The summed E-state index contributed by atoms with van der Waals surface area (Å²) in [6, 6.07) is 4.36. The van der Waals surface area contributed by atoms with E-state index in [4.69, 9.17) is 0 Å². The molecule has 0 saturated carbocycles. The fourth-order valence-electron chi connectivity index (χ4n) is 3.52. The Hall–Kier alpha value is -3.45. The highest BCUT2D eigenvalue weighted by Gasteiger charge is 2.36. The number of piperidine rings is 1. The van der Waals surface area contributed by atoms with Crippen molar-refractivity contribution in [3.63, 3.8) is 0 Å². The van der Waals surface area contributed by atoms with Gasteiger partial charge in [0.2, 0.25) is 21.9 Å². The Morgan fingerprint density at radius 1 is 1.26 bits per heavy atom. The van der Waals surface area contributed by atoms with Crippen molar-refractivity contribution in [2.45, 2.75) is 32.0 Å². The molecule has 0 radical (unpaired) electrons. The van der Waals surface area contributed by atoms with Crippen LogP contribution in [0, 0.1) is 6.92 Å². The molecule has 0 aliphatic carbocycles. The third kappa shape index (κ3) is 6.57. The number of alkyl halides is 3. The second-order valence-corrected chi connectivity index (χ2v) is 9.75. The van der Waals surface area contributed by atoms with Crippen LogP contribution >= 0.6 is 0 Å². The molecule has 1 atom stereocenters. The minimum atomic E-state index is -4.75. The number of anilines is 4. The standard InChI is InChI=1S/C22H25F3N6O3S/c1-4-19(32)28-18-11-14(3)8-9-17(18)29-20-16(22(23,24)25)12-26-21(30-20)27-15-7-6-10-31(13-15)35(33,34)5-2/h4-5,8-9,11-12,15H,1-2,6-7,10,13H2,3H3,(H,28,32)(H2,26,27,29,30). The molecule has 0 spiro atoms. The van der Waals surface area contributed by atoms with Gasteiger partial charge in [0, 0.05) is 30.7 Å². The highest BCUT2D eigenvalue weighted by Crippen LogP contribution is 2.36. The van der Waals surface area contributed by atoms with Gasteiger partial charge in [0.05, 0.1) is 11.4 Å². The number of aryl methyl sites for hydroxylation is 1. The Balaban J connectivity index is 1.92. The molecular formula is C22H25F3N6O3S. The van der Waals surface area contributed by atoms with E-state index >= 15 is 0 Å². The van der Waals surface area contributed by atoms with Gasteiger partial charge in [-0.15, -0.1) is 0 Å². The second kappa shape index (κ2) is 10.4. The zero-order chi connectivity index (χ0) is 25.8. The number of nitrogens with one attached hydrogen (secondary N) is 3. The first-order chi connectivity index (χ1) is 16.4. The molecule has 3 rings (SSSR count). The number of sulfonamides is 1. The van der Waals surface area contributed by atoms with E-state index < -0.39 is 39.5 Å². The maximum Gasteiger partial charge on any atom is 0.421 e. The lowest BCUT2D eigenvalue weighted by molar-refractivity contribution is -0.137. The molecule has 1 aromatic carbocycles. The molecule has 1 amide bonds. The minimum Gasteiger partial charge on any atom is -0.350 e. The Kier molecular flexibility index (Phi) is 7.80. The largest absolute Gasteiger partial charge is 0.421 e. The van der Waals surface area contributed by atoms with Crippen LogP contribution in [0.4, 0.5) is 36.3 Å². The van der Waals surface area contributed by atoms with Crippen LogP contribution in [0.3, 0.4) is 0 Å². The molecule has 13 heteroatoms. The van der Waals surface area contributed by atoms with E-state index in [0.29, 0.717) is 25.6 Å². The summed E-state index contributed by atoms with van der Waals surface area (Å²) in [4.78, 5) is 19.6. The first kappa shape index (κ1) is 26.2. The van der Waals surface area contributed by atoms with Gasteiger partial charge in [0.15, 0.2) is 0 Å². The van der Waals surface area contributed by atoms with Gasteiger partial charge in [0.25, 0.3) is 0 Å². The Morgan fingerprint density at radius 3 is 2.66 bits per heavy atom. The SMILES string of the molecule is C=CC(=O)Nc1cc(C)ccc1Nc1nc(NC2CCCN(S(=O)(=O)C=C)C2)ncc1C(F)(F)F. The number of hydrogen-bond acceptors (Lipinski definition) is 7. The molecular weight excluding hydrogens is 485 g/mol. The summed E-state index contributed by atoms with van der Waals surface area (Å²) in [7, 11) is -3.63. The number of hydrogen-bond donors (Lipinski definition) is 3. The van der Waals surface area contributed by atoms with Crippen LogP contribution in [0.2, 0.25) is 0 Å². The van der Waals surface area contributed by atoms with Crippen molar-refractivity contribution in [3.05, 3.63) is 60.2 Å². The molecule has 2 heterocycles. The number of halogens is 3. The molecule has 188 valence electrons. The summed E-state index contributed by atoms with van der Waals surface area (Å²) in [6.45, 7) is 8.87. The molecule has 1 unspecified atom stereocenters. The maximum absolute atomic E-state index is 13.7. The molecule has 3 N–H and O–H groups in total. The van der Waals surface area contributed by atoms with E-state index in [0.717, 1.165) is 17.0 Å². The van der Waals surface area contributed by atoms with E-state index in [1.165, 1.54) is 10.4 Å². The zero-order valence-electron chi connectivity index (χ0n) is 18.9.